The molecule has 2 N–H and O–H groups in total. The first kappa shape index (κ1) is 26.5. The number of aromatic nitrogens is 4. The van der Waals surface area contributed by atoms with Crippen LogP contribution in [0.2, 0.25) is 0 Å². The third-order valence-electron chi connectivity index (χ3n) is 7.48. The van der Waals surface area contributed by atoms with Gasteiger partial charge in [0.2, 0.25) is 5.91 Å². The Hall–Kier alpha value is -4.14. The number of carbonyl (C=O) groups excluding carboxylic acids is 2. The highest BCUT2D eigenvalue weighted by atomic mass is 16.5. The minimum absolute atomic E-state index is 0.0224. The lowest BCUT2D eigenvalue weighted by molar-refractivity contribution is -0.124. The van der Waals surface area contributed by atoms with E-state index >= 15 is 0 Å². The molecule has 0 radical (unpaired) electrons. The van der Waals surface area contributed by atoms with Crippen LogP contribution in [0, 0.1) is 11.8 Å². The number of esters is 1. The van der Waals surface area contributed by atoms with E-state index < -0.39 is 5.97 Å². The molecule has 5 rings (SSSR count). The van der Waals surface area contributed by atoms with Gasteiger partial charge in [-0.15, -0.1) is 5.10 Å². The molecule has 3 aromatic heterocycles. The third-order valence-corrected chi connectivity index (χ3v) is 7.48. The van der Waals surface area contributed by atoms with Crippen molar-refractivity contribution in [1.29, 1.82) is 0 Å². The van der Waals surface area contributed by atoms with E-state index in [4.69, 9.17) is 15.6 Å². The molecule has 1 aromatic carbocycles. The van der Waals surface area contributed by atoms with Crippen LogP contribution in [-0.2, 0) is 9.53 Å². The molecule has 1 saturated carbocycles. The monoisotopic (exact) mass is 528 g/mol. The van der Waals surface area contributed by atoms with E-state index in [1.54, 1.807) is 22.7 Å². The van der Waals surface area contributed by atoms with Crippen molar-refractivity contribution in [3.63, 3.8) is 0 Å². The van der Waals surface area contributed by atoms with Crippen LogP contribution in [0.25, 0.3) is 22.6 Å². The summed E-state index contributed by atoms with van der Waals surface area (Å²) in [6, 6.07) is 11.3. The summed E-state index contributed by atoms with van der Waals surface area (Å²) < 4.78 is 8.89. The number of anilines is 2. The second-order valence-electron chi connectivity index (χ2n) is 10.7. The van der Waals surface area contributed by atoms with Crippen molar-refractivity contribution in [3.05, 3.63) is 60.6 Å². The molecule has 0 spiro atoms. The fraction of sp³-hybridized carbons (Fsp3) is 0.400. The van der Waals surface area contributed by atoms with E-state index in [1.165, 1.54) is 0 Å². The van der Waals surface area contributed by atoms with E-state index in [-0.39, 0.29) is 30.0 Å². The number of imidazole rings is 1. The lowest BCUT2D eigenvalue weighted by atomic mass is 9.82. The highest BCUT2D eigenvalue weighted by Crippen LogP contribution is 2.33. The summed E-state index contributed by atoms with van der Waals surface area (Å²) in [4.78, 5) is 33.1. The van der Waals surface area contributed by atoms with Crippen molar-refractivity contribution in [2.24, 2.45) is 11.8 Å². The summed E-state index contributed by atoms with van der Waals surface area (Å²) in [7, 11) is 0. The molecule has 9 heteroatoms. The first-order valence-electron chi connectivity index (χ1n) is 13.7. The number of rotatable bonds is 7. The number of benzene rings is 1. The maximum Gasteiger partial charge on any atom is 0.343 e. The molecule has 1 fully saturated rings. The third kappa shape index (κ3) is 5.26. The van der Waals surface area contributed by atoms with Crippen molar-refractivity contribution in [3.8, 4) is 16.9 Å². The number of nitrogens with two attached hydrogens (primary N) is 1. The number of carbonyl (C=O) groups is 2. The number of fused-ring (bicyclic) bond motifs is 1. The van der Waals surface area contributed by atoms with Crippen molar-refractivity contribution in [2.45, 2.75) is 59.4 Å². The van der Waals surface area contributed by atoms with E-state index in [9.17, 15) is 9.59 Å². The molecule has 0 atom stereocenters. The van der Waals surface area contributed by atoms with Crippen LogP contribution < -0.4 is 10.6 Å². The van der Waals surface area contributed by atoms with Crippen molar-refractivity contribution < 1.29 is 14.3 Å². The molecular weight excluding hydrogens is 492 g/mol. The number of pyridine rings is 1. The van der Waals surface area contributed by atoms with Gasteiger partial charge in [0.1, 0.15) is 5.56 Å². The second-order valence-corrected chi connectivity index (χ2v) is 10.7. The first-order valence-corrected chi connectivity index (χ1v) is 13.7. The molecule has 0 saturated heterocycles. The summed E-state index contributed by atoms with van der Waals surface area (Å²) in [5, 5.41) is 4.77. The fourth-order valence-corrected chi connectivity index (χ4v) is 5.29. The zero-order chi connectivity index (χ0) is 27.7. The molecule has 9 nitrogen and oxygen atoms in total. The summed E-state index contributed by atoms with van der Waals surface area (Å²) in [6.07, 6.45) is 9.28. The molecule has 1 aliphatic rings. The Morgan fingerprint density at radius 2 is 1.82 bits per heavy atom. The SMILES string of the molecule is CCOC(=O)c1cn(-c2ccc(-c3cn4cccc(N)c4n3)cc2)nc1N(C(=O)C1CCC(C)CC1)C(C)C. The Balaban J connectivity index is 1.49. The number of nitrogens with zero attached hydrogens (tertiary/aromatic N) is 5. The molecule has 3 heterocycles. The van der Waals surface area contributed by atoms with Gasteiger partial charge in [0.05, 0.1) is 23.7 Å². The van der Waals surface area contributed by atoms with Crippen LogP contribution in [0.1, 0.15) is 63.7 Å². The molecule has 4 aromatic rings. The molecule has 0 bridgehead atoms. The summed E-state index contributed by atoms with van der Waals surface area (Å²) in [5.74, 6) is 0.439. The lowest BCUT2D eigenvalue weighted by Gasteiger charge is -2.32. The molecule has 0 aliphatic heterocycles. The maximum atomic E-state index is 13.7. The van der Waals surface area contributed by atoms with Gasteiger partial charge < -0.3 is 14.9 Å². The van der Waals surface area contributed by atoms with Gasteiger partial charge in [-0.1, -0.05) is 19.1 Å². The topological polar surface area (TPSA) is 108 Å². The van der Waals surface area contributed by atoms with Gasteiger partial charge in [0, 0.05) is 36.1 Å². The van der Waals surface area contributed by atoms with Gasteiger partial charge in [0.25, 0.3) is 0 Å². The van der Waals surface area contributed by atoms with E-state index in [0.29, 0.717) is 23.1 Å². The van der Waals surface area contributed by atoms with Crippen LogP contribution in [0.3, 0.4) is 0 Å². The Morgan fingerprint density at radius 1 is 1.10 bits per heavy atom. The van der Waals surface area contributed by atoms with E-state index in [1.807, 2.05) is 67.0 Å². The molecule has 0 unspecified atom stereocenters. The van der Waals surface area contributed by atoms with Gasteiger partial charge >= 0.3 is 5.97 Å². The standard InChI is InChI=1S/C30H36N6O3/c1-5-39-30(38)24-17-35(33-27(24)36(19(2)3)29(37)22-10-8-20(4)9-11-22)23-14-12-21(13-15-23)26-18-34-16-6-7-25(31)28(34)32-26/h6-7,12-20,22H,5,8-11,31H2,1-4H3. The van der Waals surface area contributed by atoms with Crippen molar-refractivity contribution >= 4 is 29.0 Å². The minimum atomic E-state index is -0.492. The molecule has 1 amide bonds. The number of ether oxygens (including phenoxy) is 1. The first-order chi connectivity index (χ1) is 18.8. The van der Waals surface area contributed by atoms with Crippen LogP contribution in [0.4, 0.5) is 11.5 Å². The fourth-order valence-electron chi connectivity index (χ4n) is 5.29. The van der Waals surface area contributed by atoms with Crippen molar-refractivity contribution in [1.82, 2.24) is 19.2 Å². The van der Waals surface area contributed by atoms with E-state index in [0.717, 1.165) is 42.6 Å². The lowest BCUT2D eigenvalue weighted by Crippen LogP contribution is -2.43. The average Bonchev–Trinajstić information content (AvgIpc) is 3.55. The maximum absolute atomic E-state index is 13.7. The summed E-state index contributed by atoms with van der Waals surface area (Å²) in [5.41, 5.74) is 10.1. The van der Waals surface area contributed by atoms with Gasteiger partial charge in [0.15, 0.2) is 11.5 Å². The number of hydrogen-bond acceptors (Lipinski definition) is 6. The zero-order valence-electron chi connectivity index (χ0n) is 23.0. The normalized spacial score (nSPS) is 17.5. The highest BCUT2D eigenvalue weighted by molar-refractivity contribution is 6.02. The van der Waals surface area contributed by atoms with Crippen LogP contribution in [-0.4, -0.2) is 43.7 Å². The van der Waals surface area contributed by atoms with Gasteiger partial charge in [-0.2, -0.15) is 0 Å². The predicted molar refractivity (Wildman–Crippen MR) is 152 cm³/mol. The smallest absolute Gasteiger partial charge is 0.343 e. The van der Waals surface area contributed by atoms with Crippen molar-refractivity contribution in [2.75, 3.05) is 17.2 Å². The quantitative estimate of drug-likeness (QED) is 0.317. The van der Waals surface area contributed by atoms with Crippen LogP contribution in [0.15, 0.2) is 55.0 Å². The second kappa shape index (κ2) is 10.9. The number of hydrogen-bond donors (Lipinski definition) is 1. The van der Waals surface area contributed by atoms with Gasteiger partial charge in [-0.05, 0) is 76.6 Å². The highest BCUT2D eigenvalue weighted by Gasteiger charge is 2.34. The number of nitrogen functional groups attached to an aromatic ring is 1. The van der Waals surface area contributed by atoms with Gasteiger partial charge in [-0.25, -0.2) is 14.5 Å². The van der Waals surface area contributed by atoms with E-state index in [2.05, 4.69) is 11.9 Å². The minimum Gasteiger partial charge on any atom is -0.462 e. The predicted octanol–water partition coefficient (Wildman–Crippen LogP) is 5.51. The van der Waals surface area contributed by atoms with Crippen LogP contribution in [0.5, 0.6) is 0 Å². The average molecular weight is 529 g/mol. The Morgan fingerprint density at radius 3 is 2.46 bits per heavy atom. The Kier molecular flexibility index (Phi) is 7.41. The molecule has 39 heavy (non-hydrogen) atoms. The Labute approximate surface area is 228 Å². The largest absolute Gasteiger partial charge is 0.462 e. The summed E-state index contributed by atoms with van der Waals surface area (Å²) >= 11 is 0. The Bertz CT molecular complexity index is 1480. The number of amides is 1. The summed E-state index contributed by atoms with van der Waals surface area (Å²) in [6.45, 7) is 8.14. The van der Waals surface area contributed by atoms with Gasteiger partial charge in [-0.3, -0.25) is 9.69 Å². The van der Waals surface area contributed by atoms with Crippen LogP contribution >= 0.6 is 0 Å². The molecular formula is C30H36N6O3. The zero-order valence-corrected chi connectivity index (χ0v) is 23.0. The molecule has 1 aliphatic carbocycles. The molecule has 204 valence electrons.